The molecule has 1 aromatic carbocycles. The predicted molar refractivity (Wildman–Crippen MR) is 63.3 cm³/mol. The second-order valence-electron chi connectivity index (χ2n) is 3.67. The molecule has 1 atom stereocenters. The van der Waals surface area contributed by atoms with Crippen molar-refractivity contribution in [1.82, 2.24) is 0 Å². The summed E-state index contributed by atoms with van der Waals surface area (Å²) in [5, 5.41) is 20.6. The van der Waals surface area contributed by atoms with Crippen molar-refractivity contribution >= 4 is 29.3 Å². The molecular formula is C11H11NO4S. The molecule has 0 fully saturated rings. The molecule has 1 aromatic rings. The summed E-state index contributed by atoms with van der Waals surface area (Å²) in [5.41, 5.74) is 1.10. The number of thioether (sulfide) groups is 1. The van der Waals surface area contributed by atoms with Crippen molar-refractivity contribution in [3.63, 3.8) is 0 Å². The van der Waals surface area contributed by atoms with Crippen molar-refractivity contribution in [3.8, 4) is 0 Å². The molecular weight excluding hydrogens is 242 g/mol. The number of aliphatic carboxylic acids is 1. The summed E-state index contributed by atoms with van der Waals surface area (Å²) in [6.07, 6.45) is 0. The van der Waals surface area contributed by atoms with Gasteiger partial charge in [-0.25, -0.2) is 0 Å². The van der Waals surface area contributed by atoms with E-state index in [2.05, 4.69) is 5.32 Å². The van der Waals surface area contributed by atoms with Crippen molar-refractivity contribution in [2.24, 2.45) is 0 Å². The van der Waals surface area contributed by atoms with Gasteiger partial charge in [-0.05, 0) is 17.7 Å². The summed E-state index contributed by atoms with van der Waals surface area (Å²) in [5.74, 6) is -1.77. The fraction of sp³-hybridized carbons (Fsp3) is 0.273. The third-order valence-corrected chi connectivity index (χ3v) is 3.59. The Labute approximate surface area is 102 Å². The lowest BCUT2D eigenvalue weighted by molar-refractivity contribution is -0.139. The summed E-state index contributed by atoms with van der Waals surface area (Å²) in [7, 11) is 0. The minimum Gasteiger partial charge on any atom is -0.481 e. The van der Waals surface area contributed by atoms with Crippen LogP contribution in [0.15, 0.2) is 23.1 Å². The molecule has 90 valence electrons. The number of hydrogen-bond donors (Lipinski definition) is 3. The number of aliphatic hydroxyl groups is 1. The van der Waals surface area contributed by atoms with Crippen molar-refractivity contribution in [2.75, 3.05) is 17.7 Å². The SMILES string of the molecule is O=C1CSc2ccc(C(CO)C(=O)O)cc2N1. The van der Waals surface area contributed by atoms with E-state index in [0.717, 1.165) is 4.90 Å². The van der Waals surface area contributed by atoms with E-state index in [0.29, 0.717) is 17.0 Å². The van der Waals surface area contributed by atoms with Gasteiger partial charge in [0, 0.05) is 4.90 Å². The number of aliphatic hydroxyl groups excluding tert-OH is 1. The molecule has 1 aliphatic heterocycles. The number of rotatable bonds is 3. The monoisotopic (exact) mass is 253 g/mol. The number of hydrogen-bond acceptors (Lipinski definition) is 4. The summed E-state index contributed by atoms with van der Waals surface area (Å²) < 4.78 is 0. The molecule has 1 amide bonds. The number of carbonyl (C=O) groups is 2. The Morgan fingerprint density at radius 2 is 2.29 bits per heavy atom. The van der Waals surface area contributed by atoms with Gasteiger partial charge in [-0.2, -0.15) is 0 Å². The van der Waals surface area contributed by atoms with Gasteiger partial charge < -0.3 is 15.5 Å². The van der Waals surface area contributed by atoms with Crippen LogP contribution in [0, 0.1) is 0 Å². The zero-order valence-corrected chi connectivity index (χ0v) is 9.66. The average Bonchev–Trinajstić information content (AvgIpc) is 2.29. The molecule has 0 saturated heterocycles. The number of fused-ring (bicyclic) bond motifs is 1. The van der Waals surface area contributed by atoms with Gasteiger partial charge in [-0.1, -0.05) is 6.07 Å². The van der Waals surface area contributed by atoms with Crippen LogP contribution in [0.25, 0.3) is 0 Å². The molecule has 1 aliphatic rings. The second kappa shape index (κ2) is 4.77. The summed E-state index contributed by atoms with van der Waals surface area (Å²) in [6, 6.07) is 5.03. The highest BCUT2D eigenvalue weighted by molar-refractivity contribution is 8.00. The van der Waals surface area contributed by atoms with E-state index in [1.54, 1.807) is 18.2 Å². The number of anilines is 1. The van der Waals surface area contributed by atoms with Crippen LogP contribution in [0.1, 0.15) is 11.5 Å². The predicted octanol–water partition coefficient (Wildman–Crippen LogP) is 0.891. The van der Waals surface area contributed by atoms with Crippen molar-refractivity contribution < 1.29 is 19.8 Å². The summed E-state index contributed by atoms with van der Waals surface area (Å²) >= 11 is 1.41. The zero-order valence-electron chi connectivity index (χ0n) is 8.84. The summed E-state index contributed by atoms with van der Waals surface area (Å²) in [6.45, 7) is -0.463. The van der Waals surface area contributed by atoms with Crippen LogP contribution in [-0.2, 0) is 9.59 Å². The van der Waals surface area contributed by atoms with Crippen LogP contribution >= 0.6 is 11.8 Å². The molecule has 6 heteroatoms. The molecule has 0 aliphatic carbocycles. The van der Waals surface area contributed by atoms with Crippen molar-refractivity contribution in [1.29, 1.82) is 0 Å². The lowest BCUT2D eigenvalue weighted by Crippen LogP contribution is -2.20. The van der Waals surface area contributed by atoms with E-state index in [1.165, 1.54) is 11.8 Å². The minimum atomic E-state index is -1.08. The van der Waals surface area contributed by atoms with Crippen LogP contribution in [0.4, 0.5) is 5.69 Å². The maximum atomic E-state index is 11.2. The summed E-state index contributed by atoms with van der Waals surface area (Å²) in [4.78, 5) is 23.0. The Morgan fingerprint density at radius 3 is 2.94 bits per heavy atom. The highest BCUT2D eigenvalue weighted by atomic mass is 32.2. The van der Waals surface area contributed by atoms with Crippen LogP contribution in [-0.4, -0.2) is 34.4 Å². The Kier molecular flexibility index (Phi) is 3.35. The van der Waals surface area contributed by atoms with Gasteiger partial charge in [0.05, 0.1) is 18.0 Å². The van der Waals surface area contributed by atoms with E-state index in [-0.39, 0.29) is 5.91 Å². The second-order valence-corrected chi connectivity index (χ2v) is 4.68. The molecule has 1 heterocycles. The first kappa shape index (κ1) is 11.9. The van der Waals surface area contributed by atoms with Gasteiger partial charge in [0.1, 0.15) is 5.92 Å². The number of carboxylic acids is 1. The molecule has 3 N–H and O–H groups in total. The van der Waals surface area contributed by atoms with Crippen molar-refractivity contribution in [2.45, 2.75) is 10.8 Å². The Hall–Kier alpha value is -1.53. The van der Waals surface area contributed by atoms with Gasteiger partial charge in [0.15, 0.2) is 0 Å². The maximum absolute atomic E-state index is 11.2. The van der Waals surface area contributed by atoms with E-state index in [4.69, 9.17) is 10.2 Å². The van der Waals surface area contributed by atoms with E-state index in [1.807, 2.05) is 0 Å². The highest BCUT2D eigenvalue weighted by Gasteiger charge is 2.22. The maximum Gasteiger partial charge on any atom is 0.313 e. The first-order valence-corrected chi connectivity index (χ1v) is 6.00. The van der Waals surface area contributed by atoms with Gasteiger partial charge in [-0.3, -0.25) is 9.59 Å². The van der Waals surface area contributed by atoms with E-state index < -0.39 is 18.5 Å². The molecule has 17 heavy (non-hydrogen) atoms. The Morgan fingerprint density at radius 1 is 1.53 bits per heavy atom. The Balaban J connectivity index is 2.35. The molecule has 2 rings (SSSR count). The van der Waals surface area contributed by atoms with Crippen LogP contribution in [0.5, 0.6) is 0 Å². The zero-order chi connectivity index (χ0) is 12.4. The molecule has 1 unspecified atom stereocenters. The van der Waals surface area contributed by atoms with E-state index >= 15 is 0 Å². The molecule has 0 aromatic heterocycles. The van der Waals surface area contributed by atoms with Gasteiger partial charge in [-0.15, -0.1) is 11.8 Å². The molecule has 0 bridgehead atoms. The van der Waals surface area contributed by atoms with Gasteiger partial charge in [0.25, 0.3) is 0 Å². The quantitative estimate of drug-likeness (QED) is 0.744. The normalized spacial score (nSPS) is 15.9. The molecule has 5 nitrogen and oxygen atoms in total. The number of benzene rings is 1. The van der Waals surface area contributed by atoms with Gasteiger partial charge >= 0.3 is 5.97 Å². The smallest absolute Gasteiger partial charge is 0.313 e. The minimum absolute atomic E-state index is 0.101. The number of amides is 1. The van der Waals surface area contributed by atoms with Crippen LogP contribution in [0.2, 0.25) is 0 Å². The van der Waals surface area contributed by atoms with Crippen molar-refractivity contribution in [3.05, 3.63) is 23.8 Å². The van der Waals surface area contributed by atoms with Crippen LogP contribution in [0.3, 0.4) is 0 Å². The lowest BCUT2D eigenvalue weighted by Gasteiger charge is -2.18. The number of nitrogens with one attached hydrogen (secondary N) is 1. The van der Waals surface area contributed by atoms with Crippen LogP contribution < -0.4 is 5.32 Å². The first-order chi connectivity index (χ1) is 8.11. The average molecular weight is 253 g/mol. The molecule has 0 saturated carbocycles. The fourth-order valence-corrected chi connectivity index (χ4v) is 2.43. The Bertz CT molecular complexity index is 475. The third kappa shape index (κ3) is 2.42. The molecule has 0 spiro atoms. The number of carbonyl (C=O) groups excluding carboxylic acids is 1. The fourth-order valence-electron chi connectivity index (χ4n) is 1.64. The third-order valence-electron chi connectivity index (χ3n) is 2.52. The first-order valence-electron chi connectivity index (χ1n) is 5.02. The standard InChI is InChI=1S/C11H11NO4S/c13-4-7(11(15)16)6-1-2-9-8(3-6)12-10(14)5-17-9/h1-3,7,13H,4-5H2,(H,12,14)(H,15,16). The largest absolute Gasteiger partial charge is 0.481 e. The van der Waals surface area contributed by atoms with E-state index in [9.17, 15) is 9.59 Å². The highest BCUT2D eigenvalue weighted by Crippen LogP contribution is 2.33. The lowest BCUT2D eigenvalue weighted by atomic mass is 9.99. The number of carboxylic acid groups (broad SMARTS) is 1. The van der Waals surface area contributed by atoms with Gasteiger partial charge in [0.2, 0.25) is 5.91 Å². The topological polar surface area (TPSA) is 86.6 Å². The molecule has 0 radical (unpaired) electrons.